The summed E-state index contributed by atoms with van der Waals surface area (Å²) in [4.78, 5) is 33.3. The van der Waals surface area contributed by atoms with Crippen molar-refractivity contribution >= 4 is 17.5 Å². The SMILES string of the molecule is COCCNC(=O)c1cccc(C(=O)N2CCN(c3ccccc3OC)CC2)n1. The highest BCUT2D eigenvalue weighted by Gasteiger charge is 2.25. The molecule has 1 aliphatic heterocycles. The number of hydrogen-bond acceptors (Lipinski definition) is 6. The van der Waals surface area contributed by atoms with Crippen LogP contribution >= 0.6 is 0 Å². The van der Waals surface area contributed by atoms with Crippen molar-refractivity contribution in [2.45, 2.75) is 0 Å². The van der Waals surface area contributed by atoms with E-state index in [4.69, 9.17) is 9.47 Å². The molecular formula is C21H26N4O4. The van der Waals surface area contributed by atoms with Crippen LogP contribution in [0.25, 0.3) is 0 Å². The lowest BCUT2D eigenvalue weighted by Gasteiger charge is -2.36. The maximum Gasteiger partial charge on any atom is 0.272 e. The predicted molar refractivity (Wildman–Crippen MR) is 110 cm³/mol. The summed E-state index contributed by atoms with van der Waals surface area (Å²) in [5, 5.41) is 2.71. The van der Waals surface area contributed by atoms with Crippen LogP contribution in [0.1, 0.15) is 21.0 Å². The summed E-state index contributed by atoms with van der Waals surface area (Å²) < 4.78 is 10.4. The number of amides is 2. The fourth-order valence-electron chi connectivity index (χ4n) is 3.24. The molecule has 1 N–H and O–H groups in total. The van der Waals surface area contributed by atoms with Crippen molar-refractivity contribution in [3.05, 3.63) is 53.9 Å². The van der Waals surface area contributed by atoms with Crippen LogP contribution in [0.3, 0.4) is 0 Å². The van der Waals surface area contributed by atoms with Crippen molar-refractivity contribution in [2.75, 3.05) is 58.5 Å². The van der Waals surface area contributed by atoms with Crippen LogP contribution in [0, 0.1) is 0 Å². The second-order valence-corrected chi connectivity index (χ2v) is 6.61. The van der Waals surface area contributed by atoms with Gasteiger partial charge in [0.2, 0.25) is 0 Å². The van der Waals surface area contributed by atoms with Crippen molar-refractivity contribution in [1.29, 1.82) is 0 Å². The lowest BCUT2D eigenvalue weighted by atomic mass is 10.2. The molecule has 2 heterocycles. The summed E-state index contributed by atoms with van der Waals surface area (Å²) in [5.41, 5.74) is 1.52. The number of benzene rings is 1. The third-order valence-electron chi connectivity index (χ3n) is 4.79. The standard InChI is InChI=1S/C21H26N4O4/c1-28-15-10-22-20(26)16-6-5-7-17(23-16)21(27)25-13-11-24(12-14-25)18-8-3-4-9-19(18)29-2/h3-9H,10-15H2,1-2H3,(H,22,26). The molecule has 0 unspecified atom stereocenters. The molecule has 2 aromatic rings. The van der Waals surface area contributed by atoms with Gasteiger partial charge in [0.1, 0.15) is 17.1 Å². The fraction of sp³-hybridized carbons (Fsp3) is 0.381. The van der Waals surface area contributed by atoms with Gasteiger partial charge in [-0.1, -0.05) is 18.2 Å². The molecule has 8 heteroatoms. The predicted octanol–water partition coefficient (Wildman–Crippen LogP) is 1.43. The number of methoxy groups -OCH3 is 2. The Hall–Kier alpha value is -3.13. The molecule has 1 saturated heterocycles. The van der Waals surface area contributed by atoms with Crippen LogP contribution in [0.5, 0.6) is 5.75 Å². The second-order valence-electron chi connectivity index (χ2n) is 6.61. The lowest BCUT2D eigenvalue weighted by Crippen LogP contribution is -2.49. The van der Waals surface area contributed by atoms with E-state index in [2.05, 4.69) is 15.2 Å². The van der Waals surface area contributed by atoms with Crippen LogP contribution in [0.4, 0.5) is 5.69 Å². The van der Waals surface area contributed by atoms with Gasteiger partial charge in [0.05, 0.1) is 19.4 Å². The second kappa shape index (κ2) is 9.88. The maximum absolute atomic E-state index is 12.9. The van der Waals surface area contributed by atoms with E-state index in [0.717, 1.165) is 11.4 Å². The van der Waals surface area contributed by atoms with Crippen LogP contribution in [0.15, 0.2) is 42.5 Å². The van der Waals surface area contributed by atoms with E-state index in [9.17, 15) is 9.59 Å². The molecular weight excluding hydrogens is 372 g/mol. The Morgan fingerprint density at radius 1 is 1.00 bits per heavy atom. The van der Waals surface area contributed by atoms with Gasteiger partial charge >= 0.3 is 0 Å². The van der Waals surface area contributed by atoms with Crippen LogP contribution < -0.4 is 15.0 Å². The quantitative estimate of drug-likeness (QED) is 0.711. The highest BCUT2D eigenvalue weighted by atomic mass is 16.5. The lowest BCUT2D eigenvalue weighted by molar-refractivity contribution is 0.0740. The third kappa shape index (κ3) is 5.03. The molecule has 0 radical (unpaired) electrons. The van der Waals surface area contributed by atoms with E-state index < -0.39 is 0 Å². The van der Waals surface area contributed by atoms with Crippen molar-refractivity contribution in [1.82, 2.24) is 15.2 Å². The summed E-state index contributed by atoms with van der Waals surface area (Å²) in [6.45, 7) is 3.35. The number of carbonyl (C=O) groups excluding carboxylic acids is 2. The Kier molecular flexibility index (Phi) is 7.02. The Morgan fingerprint density at radius 2 is 1.72 bits per heavy atom. The minimum atomic E-state index is -0.322. The minimum Gasteiger partial charge on any atom is -0.495 e. The number of anilines is 1. The summed E-state index contributed by atoms with van der Waals surface area (Å²) in [6, 6.07) is 12.8. The average molecular weight is 398 g/mol. The van der Waals surface area contributed by atoms with Gasteiger partial charge in [-0.3, -0.25) is 9.59 Å². The molecule has 0 saturated carbocycles. The molecule has 154 valence electrons. The number of pyridine rings is 1. The van der Waals surface area contributed by atoms with Crippen molar-refractivity contribution in [3.63, 3.8) is 0 Å². The Labute approximate surface area is 170 Å². The fourth-order valence-corrected chi connectivity index (χ4v) is 3.24. The highest BCUT2D eigenvalue weighted by molar-refractivity contribution is 5.96. The molecule has 1 aromatic carbocycles. The number of nitrogens with one attached hydrogen (secondary N) is 1. The van der Waals surface area contributed by atoms with E-state index in [-0.39, 0.29) is 23.2 Å². The smallest absolute Gasteiger partial charge is 0.272 e. The summed E-state index contributed by atoms with van der Waals surface area (Å²) in [6.07, 6.45) is 0. The first-order chi connectivity index (χ1) is 14.1. The zero-order valence-corrected chi connectivity index (χ0v) is 16.8. The summed E-state index contributed by atoms with van der Waals surface area (Å²) >= 11 is 0. The van der Waals surface area contributed by atoms with Gasteiger partial charge in [-0.2, -0.15) is 0 Å². The number of hydrogen-bond donors (Lipinski definition) is 1. The van der Waals surface area contributed by atoms with Gasteiger partial charge in [-0.05, 0) is 24.3 Å². The summed E-state index contributed by atoms with van der Waals surface area (Å²) in [5.74, 6) is 0.329. The molecule has 29 heavy (non-hydrogen) atoms. The molecule has 0 bridgehead atoms. The third-order valence-corrected chi connectivity index (χ3v) is 4.79. The van der Waals surface area contributed by atoms with Crippen LogP contribution in [0.2, 0.25) is 0 Å². The first-order valence-corrected chi connectivity index (χ1v) is 9.55. The summed E-state index contributed by atoms with van der Waals surface area (Å²) in [7, 11) is 3.22. The van der Waals surface area contributed by atoms with Gasteiger partial charge < -0.3 is 24.6 Å². The normalized spacial score (nSPS) is 13.9. The van der Waals surface area contributed by atoms with Crippen LogP contribution in [-0.4, -0.2) is 75.2 Å². The molecule has 1 fully saturated rings. The number of piperazine rings is 1. The average Bonchev–Trinajstić information content (AvgIpc) is 2.79. The molecule has 0 atom stereocenters. The number of nitrogens with zero attached hydrogens (tertiary/aromatic N) is 3. The number of carbonyl (C=O) groups is 2. The molecule has 1 aliphatic rings. The molecule has 0 spiro atoms. The highest BCUT2D eigenvalue weighted by Crippen LogP contribution is 2.28. The molecule has 0 aliphatic carbocycles. The van der Waals surface area contributed by atoms with E-state index in [1.165, 1.54) is 0 Å². The molecule has 1 aromatic heterocycles. The van der Waals surface area contributed by atoms with Crippen molar-refractivity contribution < 1.29 is 19.1 Å². The Bertz CT molecular complexity index is 850. The van der Waals surface area contributed by atoms with Gasteiger partial charge in [0.25, 0.3) is 11.8 Å². The van der Waals surface area contributed by atoms with E-state index in [0.29, 0.717) is 39.3 Å². The molecule has 3 rings (SSSR count). The topological polar surface area (TPSA) is 84.0 Å². The minimum absolute atomic E-state index is 0.170. The largest absolute Gasteiger partial charge is 0.495 e. The van der Waals surface area contributed by atoms with E-state index in [1.807, 2.05) is 24.3 Å². The van der Waals surface area contributed by atoms with Crippen molar-refractivity contribution in [2.24, 2.45) is 0 Å². The Balaban J connectivity index is 1.62. The van der Waals surface area contributed by atoms with E-state index >= 15 is 0 Å². The number of para-hydroxylation sites is 2. The first-order valence-electron chi connectivity index (χ1n) is 9.55. The van der Waals surface area contributed by atoms with Crippen molar-refractivity contribution in [3.8, 4) is 5.75 Å². The zero-order chi connectivity index (χ0) is 20.6. The van der Waals surface area contributed by atoms with Gasteiger partial charge in [0.15, 0.2) is 0 Å². The van der Waals surface area contributed by atoms with Gasteiger partial charge in [-0.15, -0.1) is 0 Å². The van der Waals surface area contributed by atoms with Gasteiger partial charge in [-0.25, -0.2) is 4.98 Å². The number of ether oxygens (including phenoxy) is 2. The van der Waals surface area contributed by atoms with E-state index in [1.54, 1.807) is 37.3 Å². The number of rotatable bonds is 7. The maximum atomic E-state index is 12.9. The Morgan fingerprint density at radius 3 is 2.45 bits per heavy atom. The monoisotopic (exact) mass is 398 g/mol. The zero-order valence-electron chi connectivity index (χ0n) is 16.8. The van der Waals surface area contributed by atoms with Gasteiger partial charge in [0, 0.05) is 39.8 Å². The number of aromatic nitrogens is 1. The molecule has 8 nitrogen and oxygen atoms in total. The first kappa shape index (κ1) is 20.6. The molecule has 2 amide bonds. The van der Waals surface area contributed by atoms with Crippen LogP contribution in [-0.2, 0) is 4.74 Å².